The quantitative estimate of drug-likeness (QED) is 0.646. The number of benzene rings is 1. The van der Waals surface area contributed by atoms with E-state index in [9.17, 15) is 4.79 Å². The third kappa shape index (κ3) is 4.21. The van der Waals surface area contributed by atoms with Crippen molar-refractivity contribution in [3.8, 4) is 0 Å². The molecule has 0 bridgehead atoms. The van der Waals surface area contributed by atoms with Gasteiger partial charge in [0.2, 0.25) is 0 Å². The van der Waals surface area contributed by atoms with Gasteiger partial charge in [-0.1, -0.05) is 23.4 Å². The molecule has 29 heavy (non-hydrogen) atoms. The van der Waals surface area contributed by atoms with Crippen LogP contribution in [0, 0.1) is 5.92 Å². The van der Waals surface area contributed by atoms with Crippen molar-refractivity contribution in [2.24, 2.45) is 5.92 Å². The molecule has 2 aliphatic rings. The maximum atomic E-state index is 12.5. The maximum absolute atomic E-state index is 12.5. The number of carbonyl (C=O) groups is 1. The molecule has 1 aromatic carbocycles. The number of likely N-dealkylation sites (tertiary alicyclic amines) is 2. The summed E-state index contributed by atoms with van der Waals surface area (Å²) in [5, 5.41) is 9.74. The maximum Gasteiger partial charge on any atom is 0.276 e. The summed E-state index contributed by atoms with van der Waals surface area (Å²) in [4.78, 5) is 18.4. The van der Waals surface area contributed by atoms with Crippen molar-refractivity contribution >= 4 is 27.3 Å². The molecule has 5 rings (SSSR count). The van der Waals surface area contributed by atoms with Crippen LogP contribution in [0.1, 0.15) is 41.0 Å². The molecular weight excluding hydrogens is 382 g/mol. The molecule has 1 atom stereocenters. The summed E-state index contributed by atoms with van der Waals surface area (Å²) in [6.45, 7) is 5.78. The van der Waals surface area contributed by atoms with Crippen LogP contribution in [0.15, 0.2) is 36.5 Å². The number of thiophene rings is 1. The van der Waals surface area contributed by atoms with E-state index >= 15 is 0 Å². The number of piperidine rings is 1. The van der Waals surface area contributed by atoms with Gasteiger partial charge in [0.05, 0.1) is 6.20 Å². The molecule has 7 heteroatoms. The van der Waals surface area contributed by atoms with Gasteiger partial charge in [-0.25, -0.2) is 0 Å². The Balaban J connectivity index is 1.19. The fourth-order valence-corrected chi connectivity index (χ4v) is 5.72. The van der Waals surface area contributed by atoms with Crippen molar-refractivity contribution in [1.82, 2.24) is 24.8 Å². The first-order valence-electron chi connectivity index (χ1n) is 10.6. The van der Waals surface area contributed by atoms with E-state index in [0.29, 0.717) is 11.6 Å². The molecule has 1 amide bonds. The standard InChI is InChI=1S/C22H27N5OS/c28-22(26-10-3-4-11-26)20-16-27(24-23-20)14-17-6-5-9-25(13-17)15-19-12-18-7-1-2-8-21(18)29-19/h1-2,7-8,12,16-17H,3-6,9-11,13-15H2. The summed E-state index contributed by atoms with van der Waals surface area (Å²) in [5.41, 5.74) is 0.491. The SMILES string of the molecule is O=C(c1cn(CC2CCCN(Cc3cc4ccccc4s3)C2)nn1)N1CCCC1. The minimum atomic E-state index is 0.0313. The number of nitrogens with zero attached hydrogens (tertiary/aromatic N) is 5. The molecule has 6 nitrogen and oxygen atoms in total. The topological polar surface area (TPSA) is 54.3 Å². The van der Waals surface area contributed by atoms with Crippen LogP contribution in [0.3, 0.4) is 0 Å². The smallest absolute Gasteiger partial charge is 0.276 e. The first-order valence-corrected chi connectivity index (χ1v) is 11.5. The van der Waals surface area contributed by atoms with Crippen molar-refractivity contribution < 1.29 is 4.79 Å². The number of amides is 1. The molecule has 0 aliphatic carbocycles. The lowest BCUT2D eigenvalue weighted by molar-refractivity contribution is 0.0787. The lowest BCUT2D eigenvalue weighted by Gasteiger charge is -2.32. The fraction of sp³-hybridized carbons (Fsp3) is 0.500. The molecule has 2 fully saturated rings. The molecule has 0 spiro atoms. The molecule has 0 saturated carbocycles. The first kappa shape index (κ1) is 18.8. The first-order chi connectivity index (χ1) is 14.2. The Labute approximate surface area is 175 Å². The Morgan fingerprint density at radius 1 is 1.14 bits per heavy atom. The van der Waals surface area contributed by atoms with Crippen molar-refractivity contribution in [2.45, 2.75) is 38.8 Å². The van der Waals surface area contributed by atoms with Crippen LogP contribution in [-0.2, 0) is 13.1 Å². The van der Waals surface area contributed by atoms with E-state index in [0.717, 1.165) is 52.1 Å². The van der Waals surface area contributed by atoms with E-state index in [4.69, 9.17) is 0 Å². The number of fused-ring (bicyclic) bond motifs is 1. The Bertz CT molecular complexity index is 957. The fourth-order valence-electron chi connectivity index (χ4n) is 4.61. The third-order valence-corrected chi connectivity index (χ3v) is 7.16. The van der Waals surface area contributed by atoms with Gasteiger partial charge in [0.25, 0.3) is 5.91 Å². The predicted octanol–water partition coefficient (Wildman–Crippen LogP) is 3.64. The van der Waals surface area contributed by atoms with Gasteiger partial charge in [-0.3, -0.25) is 14.4 Å². The molecule has 2 saturated heterocycles. The Kier molecular flexibility index (Phi) is 5.33. The molecular formula is C22H27N5OS. The average molecular weight is 410 g/mol. The van der Waals surface area contributed by atoms with Gasteiger partial charge >= 0.3 is 0 Å². The monoisotopic (exact) mass is 409 g/mol. The van der Waals surface area contributed by atoms with E-state index in [1.165, 1.54) is 27.8 Å². The molecule has 2 aliphatic heterocycles. The Hall–Kier alpha value is -2.25. The number of aromatic nitrogens is 3. The van der Waals surface area contributed by atoms with Crippen molar-refractivity contribution in [3.05, 3.63) is 47.1 Å². The van der Waals surface area contributed by atoms with Gasteiger partial charge in [-0.15, -0.1) is 16.4 Å². The van der Waals surface area contributed by atoms with E-state index in [1.807, 2.05) is 27.1 Å². The normalized spacial score (nSPS) is 20.6. The lowest BCUT2D eigenvalue weighted by Crippen LogP contribution is -2.36. The van der Waals surface area contributed by atoms with Crippen LogP contribution in [0.2, 0.25) is 0 Å². The zero-order valence-corrected chi connectivity index (χ0v) is 17.5. The summed E-state index contributed by atoms with van der Waals surface area (Å²) in [6.07, 6.45) is 6.45. The minimum Gasteiger partial charge on any atom is -0.337 e. The molecule has 0 radical (unpaired) electrons. The highest BCUT2D eigenvalue weighted by molar-refractivity contribution is 7.19. The van der Waals surface area contributed by atoms with Gasteiger partial charge in [-0.2, -0.15) is 0 Å². The Morgan fingerprint density at radius 3 is 2.86 bits per heavy atom. The van der Waals surface area contributed by atoms with Gasteiger partial charge in [0.15, 0.2) is 5.69 Å². The van der Waals surface area contributed by atoms with Crippen molar-refractivity contribution in [1.29, 1.82) is 0 Å². The highest BCUT2D eigenvalue weighted by Crippen LogP contribution is 2.28. The van der Waals surface area contributed by atoms with Crippen LogP contribution in [0.5, 0.6) is 0 Å². The highest BCUT2D eigenvalue weighted by atomic mass is 32.1. The minimum absolute atomic E-state index is 0.0313. The molecule has 3 aromatic rings. The zero-order chi connectivity index (χ0) is 19.6. The number of rotatable bonds is 5. The lowest BCUT2D eigenvalue weighted by atomic mass is 9.98. The summed E-state index contributed by atoms with van der Waals surface area (Å²) in [7, 11) is 0. The predicted molar refractivity (Wildman–Crippen MR) is 115 cm³/mol. The van der Waals surface area contributed by atoms with Crippen LogP contribution in [0.4, 0.5) is 0 Å². The molecule has 4 heterocycles. The van der Waals surface area contributed by atoms with Crippen LogP contribution < -0.4 is 0 Å². The Morgan fingerprint density at radius 2 is 2.00 bits per heavy atom. The highest BCUT2D eigenvalue weighted by Gasteiger charge is 2.24. The van der Waals surface area contributed by atoms with Crippen LogP contribution in [0.25, 0.3) is 10.1 Å². The van der Waals surface area contributed by atoms with Gasteiger partial charge in [0.1, 0.15) is 0 Å². The molecule has 1 unspecified atom stereocenters. The second-order valence-electron chi connectivity index (χ2n) is 8.32. The molecule has 2 aromatic heterocycles. The van der Waals surface area contributed by atoms with Crippen LogP contribution >= 0.6 is 11.3 Å². The van der Waals surface area contributed by atoms with Gasteiger partial charge in [-0.05, 0) is 55.7 Å². The number of hydrogen-bond donors (Lipinski definition) is 0. The largest absolute Gasteiger partial charge is 0.337 e. The van der Waals surface area contributed by atoms with Crippen molar-refractivity contribution in [3.63, 3.8) is 0 Å². The summed E-state index contributed by atoms with van der Waals surface area (Å²) < 4.78 is 3.24. The third-order valence-electron chi connectivity index (χ3n) is 6.06. The van der Waals surface area contributed by atoms with E-state index < -0.39 is 0 Å². The van der Waals surface area contributed by atoms with Crippen molar-refractivity contribution in [2.75, 3.05) is 26.2 Å². The zero-order valence-electron chi connectivity index (χ0n) is 16.7. The summed E-state index contributed by atoms with van der Waals surface area (Å²) >= 11 is 1.90. The van der Waals surface area contributed by atoms with Gasteiger partial charge < -0.3 is 4.90 Å². The van der Waals surface area contributed by atoms with E-state index in [1.54, 1.807) is 0 Å². The second-order valence-corrected chi connectivity index (χ2v) is 9.49. The van der Waals surface area contributed by atoms with E-state index in [-0.39, 0.29) is 5.91 Å². The second kappa shape index (κ2) is 8.24. The number of hydrogen-bond acceptors (Lipinski definition) is 5. The number of carbonyl (C=O) groups excluding carboxylic acids is 1. The summed E-state index contributed by atoms with van der Waals surface area (Å²) in [6, 6.07) is 10.9. The average Bonchev–Trinajstić information content (AvgIpc) is 3.48. The van der Waals surface area contributed by atoms with E-state index in [2.05, 4.69) is 45.5 Å². The molecule has 0 N–H and O–H groups in total. The van der Waals surface area contributed by atoms with Crippen LogP contribution in [-0.4, -0.2) is 56.9 Å². The summed E-state index contributed by atoms with van der Waals surface area (Å²) in [5.74, 6) is 0.582. The molecule has 152 valence electrons. The van der Waals surface area contributed by atoms with Gasteiger partial charge in [0, 0.05) is 42.3 Å².